The van der Waals surface area contributed by atoms with Crippen LogP contribution in [0.25, 0.3) is 0 Å². The van der Waals surface area contributed by atoms with Gasteiger partial charge in [-0.25, -0.2) is 4.79 Å². The predicted molar refractivity (Wildman–Crippen MR) is 136 cm³/mol. The second kappa shape index (κ2) is 11.6. The van der Waals surface area contributed by atoms with Gasteiger partial charge >= 0.3 is 5.97 Å². The molecule has 1 heterocycles. The molecular formula is C29H31NO6. The van der Waals surface area contributed by atoms with Crippen LogP contribution >= 0.6 is 0 Å². The van der Waals surface area contributed by atoms with Gasteiger partial charge in [-0.2, -0.15) is 0 Å². The fraction of sp³-hybridized carbons (Fsp3) is 0.310. The van der Waals surface area contributed by atoms with Crippen LogP contribution in [0.4, 0.5) is 0 Å². The van der Waals surface area contributed by atoms with Crippen molar-refractivity contribution in [2.45, 2.75) is 25.3 Å². The molecule has 0 aromatic heterocycles. The normalized spacial score (nSPS) is 14.5. The molecule has 1 aliphatic rings. The summed E-state index contributed by atoms with van der Waals surface area (Å²) in [7, 11) is 4.56. The van der Waals surface area contributed by atoms with Crippen LogP contribution in [-0.2, 0) is 22.4 Å². The number of hydrogen-bond donors (Lipinski definition) is 0. The number of benzene rings is 3. The number of esters is 1. The van der Waals surface area contributed by atoms with Crippen LogP contribution in [-0.4, -0.2) is 51.3 Å². The molecule has 0 unspecified atom stereocenters. The second-order valence-electron chi connectivity index (χ2n) is 8.57. The first-order valence-corrected chi connectivity index (χ1v) is 11.9. The lowest BCUT2D eigenvalue weighted by molar-refractivity contribution is -0.134. The number of aryl methyl sites for hydroxylation is 1. The van der Waals surface area contributed by atoms with Crippen molar-refractivity contribution in [1.82, 2.24) is 4.90 Å². The Morgan fingerprint density at radius 2 is 1.61 bits per heavy atom. The molecule has 0 saturated heterocycles. The highest BCUT2D eigenvalue weighted by Gasteiger charge is 2.32. The number of fused-ring (bicyclic) bond motifs is 1. The van der Waals surface area contributed by atoms with Crippen molar-refractivity contribution < 1.29 is 28.5 Å². The summed E-state index contributed by atoms with van der Waals surface area (Å²) in [6, 6.07) is 20.4. The van der Waals surface area contributed by atoms with Crippen LogP contribution in [0.2, 0.25) is 0 Å². The predicted octanol–water partition coefficient (Wildman–Crippen LogP) is 4.63. The maximum atomic E-state index is 13.4. The van der Waals surface area contributed by atoms with Gasteiger partial charge in [-0.3, -0.25) is 4.79 Å². The molecule has 7 nitrogen and oxygen atoms in total. The zero-order valence-electron chi connectivity index (χ0n) is 20.9. The van der Waals surface area contributed by atoms with Crippen molar-refractivity contribution in [2.75, 3.05) is 34.5 Å². The molecule has 7 heteroatoms. The number of rotatable bonds is 9. The molecule has 0 N–H and O–H groups in total. The highest BCUT2D eigenvalue weighted by Crippen LogP contribution is 2.38. The summed E-state index contributed by atoms with van der Waals surface area (Å²) in [6.07, 6.45) is 1.81. The van der Waals surface area contributed by atoms with Crippen LogP contribution in [0, 0.1) is 0 Å². The fourth-order valence-corrected chi connectivity index (χ4v) is 4.53. The Kier molecular flexibility index (Phi) is 8.10. The summed E-state index contributed by atoms with van der Waals surface area (Å²) in [5.74, 6) is 1.56. The maximum Gasteiger partial charge on any atom is 0.337 e. The number of ether oxygens (including phenoxy) is 4. The van der Waals surface area contributed by atoms with Crippen LogP contribution in [0.3, 0.4) is 0 Å². The first-order chi connectivity index (χ1) is 17.5. The summed E-state index contributed by atoms with van der Waals surface area (Å²) in [5, 5.41) is 0. The van der Waals surface area contributed by atoms with E-state index in [2.05, 4.69) is 0 Å². The molecule has 0 aliphatic carbocycles. The van der Waals surface area contributed by atoms with Crippen molar-refractivity contribution in [2.24, 2.45) is 0 Å². The van der Waals surface area contributed by atoms with Gasteiger partial charge in [-0.05, 0) is 65.9 Å². The minimum absolute atomic E-state index is 0.0777. The Morgan fingerprint density at radius 3 is 2.28 bits per heavy atom. The zero-order chi connectivity index (χ0) is 25.5. The summed E-state index contributed by atoms with van der Waals surface area (Å²) in [5.41, 5.74) is 3.67. The number of methoxy groups -OCH3 is 3. The molecule has 0 saturated carbocycles. The van der Waals surface area contributed by atoms with Crippen molar-refractivity contribution in [3.8, 4) is 17.2 Å². The van der Waals surface area contributed by atoms with Crippen molar-refractivity contribution in [3.05, 3.63) is 89.0 Å². The number of nitrogens with zero attached hydrogens (tertiary/aromatic N) is 1. The van der Waals surface area contributed by atoms with Crippen LogP contribution < -0.4 is 14.2 Å². The molecule has 0 fully saturated rings. The van der Waals surface area contributed by atoms with Gasteiger partial charge in [0.1, 0.15) is 12.4 Å². The average molecular weight is 490 g/mol. The van der Waals surface area contributed by atoms with E-state index >= 15 is 0 Å². The highest BCUT2D eigenvalue weighted by atomic mass is 16.5. The third kappa shape index (κ3) is 5.62. The second-order valence-corrected chi connectivity index (χ2v) is 8.57. The number of carbonyl (C=O) groups excluding carboxylic acids is 2. The molecular weight excluding hydrogens is 458 g/mol. The monoisotopic (exact) mass is 489 g/mol. The van der Waals surface area contributed by atoms with Gasteiger partial charge in [0.2, 0.25) is 5.91 Å². The Balaban J connectivity index is 1.57. The van der Waals surface area contributed by atoms with Crippen molar-refractivity contribution in [3.63, 3.8) is 0 Å². The Morgan fingerprint density at radius 1 is 0.917 bits per heavy atom. The molecule has 188 valence electrons. The average Bonchev–Trinajstić information content (AvgIpc) is 2.94. The van der Waals surface area contributed by atoms with E-state index in [1.165, 1.54) is 7.11 Å². The fourth-order valence-electron chi connectivity index (χ4n) is 4.53. The third-order valence-corrected chi connectivity index (χ3v) is 6.48. The smallest absolute Gasteiger partial charge is 0.337 e. The van der Waals surface area contributed by atoms with Crippen molar-refractivity contribution >= 4 is 11.9 Å². The molecule has 3 aromatic rings. The van der Waals surface area contributed by atoms with E-state index in [0.717, 1.165) is 23.1 Å². The van der Waals surface area contributed by atoms with E-state index in [1.807, 2.05) is 47.4 Å². The molecule has 36 heavy (non-hydrogen) atoms. The molecule has 4 rings (SSSR count). The lowest BCUT2D eigenvalue weighted by Crippen LogP contribution is -2.42. The molecule has 0 radical (unpaired) electrons. The quantitative estimate of drug-likeness (QED) is 0.408. The summed E-state index contributed by atoms with van der Waals surface area (Å²) in [4.78, 5) is 27.0. The largest absolute Gasteiger partial charge is 0.493 e. The van der Waals surface area contributed by atoms with E-state index in [1.54, 1.807) is 38.5 Å². The number of amides is 1. The molecule has 1 aliphatic heterocycles. The van der Waals surface area contributed by atoms with Crippen molar-refractivity contribution in [1.29, 1.82) is 0 Å². The Bertz CT molecular complexity index is 1190. The topological polar surface area (TPSA) is 74.3 Å². The van der Waals surface area contributed by atoms with Gasteiger partial charge < -0.3 is 23.8 Å². The SMILES string of the molecule is COC(=O)c1ccc(OC[C@@H]2c3cc(OC)c(OC)cc3CCN2C(=O)CCc2ccccc2)cc1. The van der Waals surface area contributed by atoms with Gasteiger partial charge in [0.15, 0.2) is 11.5 Å². The standard InChI is InChI=1S/C29H31NO6/c1-33-26-17-22-15-16-30(28(31)14-9-20-7-5-4-6-8-20)25(24(22)18-27(26)34-2)19-36-23-12-10-21(11-13-23)29(32)35-3/h4-8,10-13,17-18,25H,9,14-16,19H2,1-3H3/t25-/m1/s1. The maximum absolute atomic E-state index is 13.4. The summed E-state index contributed by atoms with van der Waals surface area (Å²) < 4.78 is 21.9. The molecule has 0 bridgehead atoms. The first kappa shape index (κ1) is 25.1. The number of carbonyl (C=O) groups is 2. The lowest BCUT2D eigenvalue weighted by atomic mass is 9.91. The van der Waals surface area contributed by atoms with Gasteiger partial charge in [-0.1, -0.05) is 30.3 Å². The molecule has 3 aromatic carbocycles. The van der Waals surface area contributed by atoms with Gasteiger partial charge in [0.05, 0.1) is 32.9 Å². The minimum atomic E-state index is -0.404. The van der Waals surface area contributed by atoms with E-state index in [4.69, 9.17) is 18.9 Å². The lowest BCUT2D eigenvalue weighted by Gasteiger charge is -2.37. The zero-order valence-corrected chi connectivity index (χ0v) is 20.9. The van der Waals surface area contributed by atoms with Crippen LogP contribution in [0.1, 0.15) is 39.5 Å². The molecule has 1 atom stereocenters. The van der Waals surface area contributed by atoms with Gasteiger partial charge in [0.25, 0.3) is 0 Å². The van der Waals surface area contributed by atoms with E-state index < -0.39 is 5.97 Å². The molecule has 0 spiro atoms. The first-order valence-electron chi connectivity index (χ1n) is 11.9. The van der Waals surface area contributed by atoms with E-state index in [0.29, 0.717) is 42.2 Å². The minimum Gasteiger partial charge on any atom is -0.493 e. The van der Waals surface area contributed by atoms with Gasteiger partial charge in [0, 0.05) is 13.0 Å². The molecule has 1 amide bonds. The third-order valence-electron chi connectivity index (χ3n) is 6.48. The van der Waals surface area contributed by atoms with E-state index in [-0.39, 0.29) is 18.6 Å². The van der Waals surface area contributed by atoms with Gasteiger partial charge in [-0.15, -0.1) is 0 Å². The van der Waals surface area contributed by atoms with E-state index in [9.17, 15) is 9.59 Å². The Hall–Kier alpha value is -4.00. The van der Waals surface area contributed by atoms with Crippen LogP contribution in [0.5, 0.6) is 17.2 Å². The summed E-state index contributed by atoms with van der Waals surface area (Å²) in [6.45, 7) is 0.850. The summed E-state index contributed by atoms with van der Waals surface area (Å²) >= 11 is 0. The number of hydrogen-bond acceptors (Lipinski definition) is 6. The Labute approximate surface area is 211 Å². The van der Waals surface area contributed by atoms with Crippen LogP contribution in [0.15, 0.2) is 66.7 Å². The highest BCUT2D eigenvalue weighted by molar-refractivity contribution is 5.89.